The van der Waals surface area contributed by atoms with Gasteiger partial charge in [-0.3, -0.25) is 0 Å². The van der Waals surface area contributed by atoms with Crippen molar-refractivity contribution in [2.45, 2.75) is 33.6 Å². The van der Waals surface area contributed by atoms with Crippen LogP contribution >= 0.6 is 0 Å². The molecule has 0 aromatic heterocycles. The Kier molecular flexibility index (Phi) is 2.86. The molecule has 2 bridgehead atoms. The molecule has 4 unspecified atom stereocenters. The molecule has 2 aliphatic carbocycles. The fraction of sp³-hybridized carbons (Fsp3) is 0.600. The molecule has 0 spiro atoms. The molecule has 0 heteroatoms. The summed E-state index contributed by atoms with van der Waals surface area (Å²) in [5.41, 5.74) is 2.96. The Hall–Kier alpha value is -0.780. The van der Waals surface area contributed by atoms with Gasteiger partial charge in [-0.05, 0) is 50.4 Å². The molecule has 1 fully saturated rings. The third-order valence-electron chi connectivity index (χ3n) is 4.08. The van der Waals surface area contributed by atoms with Crippen LogP contribution in [0.4, 0.5) is 0 Å². The maximum absolute atomic E-state index is 4.19. The number of hydrogen-bond acceptors (Lipinski definition) is 0. The van der Waals surface area contributed by atoms with Crippen molar-refractivity contribution in [3.05, 3.63) is 36.0 Å². The zero-order valence-electron chi connectivity index (χ0n) is 10.2. The molecule has 4 atom stereocenters. The van der Waals surface area contributed by atoms with Gasteiger partial charge in [-0.15, -0.1) is 0 Å². The number of rotatable bonds is 3. The van der Waals surface area contributed by atoms with E-state index in [1.54, 1.807) is 5.57 Å². The second-order valence-corrected chi connectivity index (χ2v) is 5.20. The number of allylic oxidation sites excluding steroid dienone is 5. The monoisotopic (exact) mass is 202 g/mol. The van der Waals surface area contributed by atoms with Gasteiger partial charge in [-0.1, -0.05) is 42.9 Å². The second-order valence-electron chi connectivity index (χ2n) is 5.20. The largest absolute Gasteiger partial charge is 0.0998 e. The van der Waals surface area contributed by atoms with Crippen LogP contribution in [0, 0.1) is 23.7 Å². The van der Waals surface area contributed by atoms with E-state index in [9.17, 15) is 0 Å². The summed E-state index contributed by atoms with van der Waals surface area (Å²) in [4.78, 5) is 0. The summed E-state index contributed by atoms with van der Waals surface area (Å²) in [6.07, 6.45) is 9.76. The lowest BCUT2D eigenvalue weighted by Gasteiger charge is -2.29. The van der Waals surface area contributed by atoms with Crippen molar-refractivity contribution in [2.75, 3.05) is 0 Å². The average Bonchev–Trinajstić information content (AvgIpc) is 2.76. The van der Waals surface area contributed by atoms with Gasteiger partial charge in [0.2, 0.25) is 0 Å². The highest BCUT2D eigenvalue weighted by atomic mass is 14.5. The van der Waals surface area contributed by atoms with E-state index in [1.165, 1.54) is 12.0 Å². The number of fused-ring (bicyclic) bond motifs is 2. The van der Waals surface area contributed by atoms with Crippen LogP contribution in [0.25, 0.3) is 0 Å². The first-order valence-electron chi connectivity index (χ1n) is 6.15. The van der Waals surface area contributed by atoms with Gasteiger partial charge in [0, 0.05) is 0 Å². The van der Waals surface area contributed by atoms with Gasteiger partial charge in [0.25, 0.3) is 0 Å². The first kappa shape index (κ1) is 10.7. The molecule has 0 aromatic rings. The lowest BCUT2D eigenvalue weighted by atomic mass is 9.75. The Morgan fingerprint density at radius 1 is 1.27 bits per heavy atom. The summed E-state index contributed by atoms with van der Waals surface area (Å²) < 4.78 is 0. The summed E-state index contributed by atoms with van der Waals surface area (Å²) in [5, 5.41) is 0. The molecular weight excluding hydrogens is 180 g/mol. The van der Waals surface area contributed by atoms with Gasteiger partial charge >= 0.3 is 0 Å². The van der Waals surface area contributed by atoms with Crippen LogP contribution in [0.5, 0.6) is 0 Å². The van der Waals surface area contributed by atoms with E-state index in [-0.39, 0.29) is 0 Å². The van der Waals surface area contributed by atoms with Crippen molar-refractivity contribution < 1.29 is 0 Å². The minimum absolute atomic E-state index is 0.711. The minimum Gasteiger partial charge on any atom is -0.0998 e. The summed E-state index contributed by atoms with van der Waals surface area (Å²) >= 11 is 0. The van der Waals surface area contributed by atoms with Crippen LogP contribution in [-0.4, -0.2) is 0 Å². The Labute approximate surface area is 93.8 Å². The quantitative estimate of drug-likeness (QED) is 0.597. The molecule has 1 saturated carbocycles. The van der Waals surface area contributed by atoms with E-state index >= 15 is 0 Å². The van der Waals surface area contributed by atoms with Crippen LogP contribution in [0.3, 0.4) is 0 Å². The zero-order valence-corrected chi connectivity index (χ0v) is 10.2. The smallest absolute Gasteiger partial charge is 0.00718 e. The van der Waals surface area contributed by atoms with Crippen molar-refractivity contribution in [3.8, 4) is 0 Å². The Morgan fingerprint density at radius 3 is 2.40 bits per heavy atom. The van der Waals surface area contributed by atoms with Crippen molar-refractivity contribution in [3.63, 3.8) is 0 Å². The summed E-state index contributed by atoms with van der Waals surface area (Å²) in [6.45, 7) is 10.9. The first-order valence-corrected chi connectivity index (χ1v) is 6.15. The highest BCUT2D eigenvalue weighted by Gasteiger charge is 2.44. The predicted octanol–water partition coefficient (Wildman–Crippen LogP) is 4.36. The standard InChI is InChI=1S/C15H22/c1-5-6-11(4)15-13-8-7-12(9-13)14(15)10(2)3/h6-8,12-15H,2,5,9H2,1,3-4H3. The van der Waals surface area contributed by atoms with E-state index in [1.807, 2.05) is 0 Å². The molecule has 2 aliphatic rings. The summed E-state index contributed by atoms with van der Waals surface area (Å²) in [6, 6.07) is 0. The molecule has 0 heterocycles. The van der Waals surface area contributed by atoms with E-state index < -0.39 is 0 Å². The second kappa shape index (κ2) is 4.00. The fourth-order valence-electron chi connectivity index (χ4n) is 3.57. The molecule has 0 N–H and O–H groups in total. The third kappa shape index (κ3) is 1.71. The van der Waals surface area contributed by atoms with E-state index in [0.29, 0.717) is 5.92 Å². The molecule has 15 heavy (non-hydrogen) atoms. The third-order valence-corrected chi connectivity index (χ3v) is 4.08. The molecule has 0 saturated heterocycles. The van der Waals surface area contributed by atoms with Gasteiger partial charge in [0.15, 0.2) is 0 Å². The molecule has 0 aromatic carbocycles. The Morgan fingerprint density at radius 2 is 1.87 bits per heavy atom. The fourth-order valence-corrected chi connectivity index (χ4v) is 3.57. The predicted molar refractivity (Wildman–Crippen MR) is 66.6 cm³/mol. The lowest BCUT2D eigenvalue weighted by molar-refractivity contribution is 0.406. The Balaban J connectivity index is 2.26. The van der Waals surface area contributed by atoms with Gasteiger partial charge in [-0.2, -0.15) is 0 Å². The molecule has 0 aliphatic heterocycles. The van der Waals surface area contributed by atoms with Crippen molar-refractivity contribution >= 4 is 0 Å². The van der Waals surface area contributed by atoms with Crippen LogP contribution in [-0.2, 0) is 0 Å². The molecule has 82 valence electrons. The number of hydrogen-bond donors (Lipinski definition) is 0. The molecule has 0 amide bonds. The van der Waals surface area contributed by atoms with Crippen LogP contribution in [0.2, 0.25) is 0 Å². The SMILES string of the molecule is C=C(C)C1C2C=CC(C2)C1C(C)=CCC. The summed E-state index contributed by atoms with van der Waals surface area (Å²) in [7, 11) is 0. The van der Waals surface area contributed by atoms with Gasteiger partial charge in [-0.25, -0.2) is 0 Å². The maximum Gasteiger partial charge on any atom is -0.00718 e. The van der Waals surface area contributed by atoms with E-state index in [0.717, 1.165) is 24.2 Å². The van der Waals surface area contributed by atoms with Gasteiger partial charge in [0.05, 0.1) is 0 Å². The van der Waals surface area contributed by atoms with Crippen molar-refractivity contribution in [1.82, 2.24) is 0 Å². The van der Waals surface area contributed by atoms with Gasteiger partial charge < -0.3 is 0 Å². The first-order chi connectivity index (χ1) is 7.15. The molecular formula is C15H22. The van der Waals surface area contributed by atoms with E-state index in [2.05, 4.69) is 45.6 Å². The Bertz CT molecular complexity index is 319. The van der Waals surface area contributed by atoms with Gasteiger partial charge in [0.1, 0.15) is 0 Å². The lowest BCUT2D eigenvalue weighted by Crippen LogP contribution is -2.21. The topological polar surface area (TPSA) is 0 Å². The van der Waals surface area contributed by atoms with E-state index in [4.69, 9.17) is 0 Å². The average molecular weight is 202 g/mol. The maximum atomic E-state index is 4.19. The van der Waals surface area contributed by atoms with Crippen LogP contribution in [0.1, 0.15) is 33.6 Å². The highest BCUT2D eigenvalue weighted by molar-refractivity contribution is 5.27. The molecule has 0 nitrogen and oxygen atoms in total. The van der Waals surface area contributed by atoms with Crippen LogP contribution in [0.15, 0.2) is 36.0 Å². The highest BCUT2D eigenvalue weighted by Crippen LogP contribution is 2.53. The van der Waals surface area contributed by atoms with Crippen molar-refractivity contribution in [2.24, 2.45) is 23.7 Å². The normalized spacial score (nSPS) is 38.7. The molecule has 0 radical (unpaired) electrons. The molecule has 2 rings (SSSR count). The zero-order chi connectivity index (χ0) is 11.0. The van der Waals surface area contributed by atoms with Crippen LogP contribution < -0.4 is 0 Å². The minimum atomic E-state index is 0.711. The summed E-state index contributed by atoms with van der Waals surface area (Å²) in [5.74, 6) is 3.03. The van der Waals surface area contributed by atoms with Crippen molar-refractivity contribution in [1.29, 1.82) is 0 Å².